The van der Waals surface area contributed by atoms with Crippen molar-refractivity contribution >= 4 is 5.91 Å². The van der Waals surface area contributed by atoms with Crippen LogP contribution in [0.25, 0.3) is 0 Å². The standard InChI is InChI=1S/C8H14N2O2/c9-2-6-1-8(11)10(3-6)7-4-12-5-7/h6-7H,1-5,9H2. The molecule has 68 valence electrons. The van der Waals surface area contributed by atoms with Gasteiger partial charge >= 0.3 is 0 Å². The molecule has 2 aliphatic rings. The lowest BCUT2D eigenvalue weighted by atomic mass is 10.1. The average Bonchev–Trinajstić information content (AvgIpc) is 2.29. The molecule has 1 unspecified atom stereocenters. The van der Waals surface area contributed by atoms with E-state index in [1.807, 2.05) is 4.90 Å². The first-order valence-corrected chi connectivity index (χ1v) is 4.38. The number of hydrogen-bond acceptors (Lipinski definition) is 3. The summed E-state index contributed by atoms with van der Waals surface area (Å²) in [5.74, 6) is 0.622. The van der Waals surface area contributed by atoms with Crippen molar-refractivity contribution in [3.8, 4) is 0 Å². The minimum atomic E-state index is 0.249. The van der Waals surface area contributed by atoms with E-state index in [1.165, 1.54) is 0 Å². The van der Waals surface area contributed by atoms with E-state index < -0.39 is 0 Å². The number of hydrogen-bond donors (Lipinski definition) is 1. The highest BCUT2D eigenvalue weighted by molar-refractivity contribution is 5.79. The van der Waals surface area contributed by atoms with Crippen LogP contribution in [0.2, 0.25) is 0 Å². The Morgan fingerprint density at radius 1 is 1.58 bits per heavy atom. The molecule has 4 nitrogen and oxygen atoms in total. The lowest BCUT2D eigenvalue weighted by molar-refractivity contribution is -0.139. The SMILES string of the molecule is NCC1CC(=O)N(C2COC2)C1. The fourth-order valence-electron chi connectivity index (χ4n) is 1.72. The zero-order chi connectivity index (χ0) is 8.55. The van der Waals surface area contributed by atoms with Crippen LogP contribution >= 0.6 is 0 Å². The normalized spacial score (nSPS) is 30.9. The van der Waals surface area contributed by atoms with Crippen molar-refractivity contribution in [1.82, 2.24) is 4.90 Å². The lowest BCUT2D eigenvalue weighted by Crippen LogP contribution is -2.49. The predicted molar refractivity (Wildman–Crippen MR) is 43.5 cm³/mol. The second-order valence-corrected chi connectivity index (χ2v) is 3.54. The summed E-state index contributed by atoms with van der Waals surface area (Å²) in [6.45, 7) is 2.88. The fraction of sp³-hybridized carbons (Fsp3) is 0.875. The van der Waals surface area contributed by atoms with Crippen LogP contribution in [0.15, 0.2) is 0 Å². The maximum Gasteiger partial charge on any atom is 0.223 e. The molecule has 12 heavy (non-hydrogen) atoms. The highest BCUT2D eigenvalue weighted by atomic mass is 16.5. The van der Waals surface area contributed by atoms with E-state index >= 15 is 0 Å². The number of nitrogens with two attached hydrogens (primary N) is 1. The Morgan fingerprint density at radius 3 is 2.75 bits per heavy atom. The second-order valence-electron chi connectivity index (χ2n) is 3.54. The summed E-state index contributed by atoms with van der Waals surface area (Å²) >= 11 is 0. The van der Waals surface area contributed by atoms with Gasteiger partial charge in [0.1, 0.15) is 0 Å². The van der Waals surface area contributed by atoms with Crippen LogP contribution in [0.4, 0.5) is 0 Å². The van der Waals surface area contributed by atoms with Crippen molar-refractivity contribution in [2.24, 2.45) is 11.7 Å². The molecule has 1 atom stereocenters. The Bertz CT molecular complexity index is 191. The molecular formula is C8H14N2O2. The maximum absolute atomic E-state index is 11.4. The van der Waals surface area contributed by atoms with Gasteiger partial charge in [0.2, 0.25) is 5.91 Å². The Labute approximate surface area is 71.7 Å². The van der Waals surface area contributed by atoms with Crippen molar-refractivity contribution in [3.63, 3.8) is 0 Å². The number of carbonyl (C=O) groups is 1. The van der Waals surface area contributed by atoms with Gasteiger partial charge in [-0.25, -0.2) is 0 Å². The molecule has 0 spiro atoms. The maximum atomic E-state index is 11.4. The van der Waals surface area contributed by atoms with Crippen molar-refractivity contribution in [2.75, 3.05) is 26.3 Å². The molecule has 1 amide bonds. The van der Waals surface area contributed by atoms with E-state index in [0.29, 0.717) is 38.1 Å². The van der Waals surface area contributed by atoms with Crippen molar-refractivity contribution in [3.05, 3.63) is 0 Å². The second kappa shape index (κ2) is 3.03. The molecule has 0 bridgehead atoms. The summed E-state index contributed by atoms with van der Waals surface area (Å²) in [7, 11) is 0. The number of carbonyl (C=O) groups excluding carboxylic acids is 1. The highest BCUT2D eigenvalue weighted by Gasteiger charge is 2.36. The van der Waals surface area contributed by atoms with Crippen molar-refractivity contribution < 1.29 is 9.53 Å². The highest BCUT2D eigenvalue weighted by Crippen LogP contribution is 2.22. The van der Waals surface area contributed by atoms with Gasteiger partial charge in [-0.15, -0.1) is 0 Å². The molecule has 0 aliphatic carbocycles. The minimum absolute atomic E-state index is 0.249. The summed E-state index contributed by atoms with van der Waals surface area (Å²) in [4.78, 5) is 13.3. The van der Waals surface area contributed by atoms with Gasteiger partial charge < -0.3 is 15.4 Å². The first-order valence-electron chi connectivity index (χ1n) is 4.38. The van der Waals surface area contributed by atoms with Gasteiger partial charge in [0, 0.05) is 13.0 Å². The first kappa shape index (κ1) is 8.01. The van der Waals surface area contributed by atoms with Gasteiger partial charge in [-0.1, -0.05) is 0 Å². The average molecular weight is 170 g/mol. The van der Waals surface area contributed by atoms with Crippen molar-refractivity contribution in [1.29, 1.82) is 0 Å². The third kappa shape index (κ3) is 1.21. The summed E-state index contributed by atoms with van der Waals surface area (Å²) in [6, 6.07) is 0.342. The number of rotatable bonds is 2. The Morgan fingerprint density at radius 2 is 2.33 bits per heavy atom. The molecule has 2 saturated heterocycles. The van der Waals surface area contributed by atoms with Crippen LogP contribution in [-0.2, 0) is 9.53 Å². The molecule has 2 N–H and O–H groups in total. The van der Waals surface area contributed by atoms with Crippen LogP contribution in [0.3, 0.4) is 0 Å². The zero-order valence-corrected chi connectivity index (χ0v) is 7.03. The van der Waals surface area contributed by atoms with Crippen LogP contribution in [-0.4, -0.2) is 43.2 Å². The van der Waals surface area contributed by atoms with Gasteiger partial charge in [0.15, 0.2) is 0 Å². The van der Waals surface area contributed by atoms with E-state index in [9.17, 15) is 4.79 Å². The summed E-state index contributed by atoms with van der Waals surface area (Å²) in [5, 5.41) is 0. The molecule has 0 aromatic rings. The quantitative estimate of drug-likeness (QED) is 0.590. The fourth-order valence-corrected chi connectivity index (χ4v) is 1.72. The van der Waals surface area contributed by atoms with Crippen LogP contribution in [0, 0.1) is 5.92 Å². The van der Waals surface area contributed by atoms with Crippen LogP contribution < -0.4 is 5.73 Å². The molecule has 0 radical (unpaired) electrons. The lowest BCUT2D eigenvalue weighted by Gasteiger charge is -2.34. The Kier molecular flexibility index (Phi) is 2.02. The minimum Gasteiger partial charge on any atom is -0.377 e. The van der Waals surface area contributed by atoms with E-state index in [-0.39, 0.29) is 5.91 Å². The molecule has 0 saturated carbocycles. The van der Waals surface area contributed by atoms with E-state index in [4.69, 9.17) is 10.5 Å². The van der Waals surface area contributed by atoms with Crippen molar-refractivity contribution in [2.45, 2.75) is 12.5 Å². The summed E-state index contributed by atoms with van der Waals surface area (Å²) in [5.41, 5.74) is 5.51. The van der Waals surface area contributed by atoms with Gasteiger partial charge in [-0.2, -0.15) is 0 Å². The first-order chi connectivity index (χ1) is 5.81. The summed E-state index contributed by atoms with van der Waals surface area (Å²) in [6.07, 6.45) is 0.632. The largest absolute Gasteiger partial charge is 0.377 e. The van der Waals surface area contributed by atoms with E-state index in [2.05, 4.69) is 0 Å². The molecule has 2 fully saturated rings. The number of ether oxygens (including phenoxy) is 1. The van der Waals surface area contributed by atoms with Gasteiger partial charge in [-0.3, -0.25) is 4.79 Å². The Hall–Kier alpha value is -0.610. The third-order valence-corrected chi connectivity index (χ3v) is 2.63. The van der Waals surface area contributed by atoms with Crippen LogP contribution in [0.5, 0.6) is 0 Å². The molecule has 0 aromatic carbocycles. The van der Waals surface area contributed by atoms with Crippen LogP contribution in [0.1, 0.15) is 6.42 Å². The molecule has 0 aromatic heterocycles. The monoisotopic (exact) mass is 170 g/mol. The predicted octanol–water partition coefficient (Wildman–Crippen LogP) is -0.808. The smallest absolute Gasteiger partial charge is 0.223 e. The van der Waals surface area contributed by atoms with Gasteiger partial charge in [-0.05, 0) is 12.5 Å². The summed E-state index contributed by atoms with van der Waals surface area (Å²) < 4.78 is 5.04. The molecule has 2 rings (SSSR count). The topological polar surface area (TPSA) is 55.6 Å². The Balaban J connectivity index is 1.93. The molecule has 4 heteroatoms. The molecule has 2 heterocycles. The van der Waals surface area contributed by atoms with E-state index in [1.54, 1.807) is 0 Å². The van der Waals surface area contributed by atoms with Gasteiger partial charge in [0.25, 0.3) is 0 Å². The number of likely N-dealkylation sites (tertiary alicyclic amines) is 1. The molecule has 2 aliphatic heterocycles. The number of amides is 1. The third-order valence-electron chi connectivity index (χ3n) is 2.63. The number of nitrogens with zero attached hydrogens (tertiary/aromatic N) is 1. The van der Waals surface area contributed by atoms with E-state index in [0.717, 1.165) is 6.54 Å². The molecular weight excluding hydrogens is 156 g/mol. The zero-order valence-electron chi connectivity index (χ0n) is 7.03. The van der Waals surface area contributed by atoms with Gasteiger partial charge in [0.05, 0.1) is 19.3 Å².